The summed E-state index contributed by atoms with van der Waals surface area (Å²) in [5.41, 5.74) is 5.80. The van der Waals surface area contributed by atoms with Crippen LogP contribution in [0.25, 0.3) is 11.0 Å². The molecule has 0 spiro atoms. The first-order valence-corrected chi connectivity index (χ1v) is 10.5. The van der Waals surface area contributed by atoms with E-state index in [1.165, 1.54) is 16.0 Å². The van der Waals surface area contributed by atoms with Crippen molar-refractivity contribution in [3.05, 3.63) is 83.7 Å². The fraction of sp³-hybridized carbons (Fsp3) is 0.143. The van der Waals surface area contributed by atoms with E-state index >= 15 is 0 Å². The molecule has 2 aromatic carbocycles. The van der Waals surface area contributed by atoms with E-state index in [-0.39, 0.29) is 0 Å². The summed E-state index contributed by atoms with van der Waals surface area (Å²) in [4.78, 5) is 13.9. The monoisotopic (exact) mass is 377 g/mol. The van der Waals surface area contributed by atoms with Gasteiger partial charge in [0.25, 0.3) is 0 Å². The molecule has 0 saturated carbocycles. The molecule has 0 amide bonds. The summed E-state index contributed by atoms with van der Waals surface area (Å²) in [5.74, 6) is 1.78. The average Bonchev–Trinajstić information content (AvgIpc) is 3.10. The Hall–Kier alpha value is -2.24. The van der Waals surface area contributed by atoms with E-state index < -0.39 is 0 Å². The Bertz CT molecular complexity index is 979. The van der Waals surface area contributed by atoms with Gasteiger partial charge in [0, 0.05) is 22.6 Å². The Morgan fingerprint density at radius 1 is 0.885 bits per heavy atom. The molecule has 2 heterocycles. The highest BCUT2D eigenvalue weighted by atomic mass is 32.2. The van der Waals surface area contributed by atoms with Crippen LogP contribution in [0.4, 0.5) is 0 Å². The molecule has 1 N–H and O–H groups in total. The summed E-state index contributed by atoms with van der Waals surface area (Å²) in [7, 11) is 0. The Kier molecular flexibility index (Phi) is 5.27. The maximum Gasteiger partial charge on any atom is 0.166 e. The molecule has 2 aromatic heterocycles. The van der Waals surface area contributed by atoms with Crippen molar-refractivity contribution in [1.29, 1.82) is 0 Å². The number of rotatable bonds is 6. The van der Waals surface area contributed by atoms with Crippen molar-refractivity contribution in [2.75, 3.05) is 0 Å². The van der Waals surface area contributed by atoms with E-state index in [0.717, 1.165) is 33.4 Å². The van der Waals surface area contributed by atoms with Gasteiger partial charge in [-0.1, -0.05) is 54.2 Å². The molecular weight excluding hydrogens is 358 g/mol. The highest BCUT2D eigenvalue weighted by Crippen LogP contribution is 2.30. The molecule has 5 heteroatoms. The van der Waals surface area contributed by atoms with Crippen LogP contribution < -0.4 is 0 Å². The second-order valence-electron chi connectivity index (χ2n) is 6.00. The third-order valence-electron chi connectivity index (χ3n) is 4.21. The topological polar surface area (TPSA) is 41.6 Å². The third-order valence-corrected chi connectivity index (χ3v) is 6.32. The number of hydrogen-bond acceptors (Lipinski definition) is 4. The summed E-state index contributed by atoms with van der Waals surface area (Å²) in [5, 5.41) is 0.940. The van der Waals surface area contributed by atoms with Gasteiger partial charge >= 0.3 is 0 Å². The number of aromatic amines is 1. The Labute approximate surface area is 161 Å². The molecule has 0 fully saturated rings. The minimum absolute atomic E-state index is 0.811. The fourth-order valence-corrected chi connectivity index (χ4v) is 4.65. The molecule has 4 aromatic rings. The van der Waals surface area contributed by atoms with E-state index in [4.69, 9.17) is 0 Å². The van der Waals surface area contributed by atoms with E-state index in [2.05, 4.69) is 64.3 Å². The highest BCUT2D eigenvalue weighted by Gasteiger charge is 2.09. The van der Waals surface area contributed by atoms with Gasteiger partial charge in [0.05, 0.1) is 16.7 Å². The van der Waals surface area contributed by atoms with Crippen LogP contribution in [0, 0.1) is 6.92 Å². The molecule has 0 bridgehead atoms. The summed E-state index contributed by atoms with van der Waals surface area (Å²) >= 11 is 3.57. The number of imidazole rings is 1. The summed E-state index contributed by atoms with van der Waals surface area (Å²) < 4.78 is 0. The lowest BCUT2D eigenvalue weighted by atomic mass is 10.2. The van der Waals surface area contributed by atoms with Crippen molar-refractivity contribution in [3.63, 3.8) is 0 Å². The predicted molar refractivity (Wildman–Crippen MR) is 111 cm³/mol. The lowest BCUT2D eigenvalue weighted by Crippen LogP contribution is -1.94. The smallest absolute Gasteiger partial charge is 0.166 e. The first kappa shape index (κ1) is 17.2. The first-order chi connectivity index (χ1) is 12.8. The van der Waals surface area contributed by atoms with Crippen LogP contribution in [-0.4, -0.2) is 15.0 Å². The number of H-pyrrole nitrogens is 1. The SMILES string of the molecule is Cc1c(SCc2ccccc2)ccnc1CSc1nc2ccccc2[nH]1. The number of nitrogens with one attached hydrogen (secondary N) is 1. The van der Waals surface area contributed by atoms with Gasteiger partial charge in [-0.2, -0.15) is 0 Å². The van der Waals surface area contributed by atoms with Crippen molar-refractivity contribution in [1.82, 2.24) is 15.0 Å². The van der Waals surface area contributed by atoms with E-state index in [1.807, 2.05) is 36.2 Å². The zero-order chi connectivity index (χ0) is 17.8. The van der Waals surface area contributed by atoms with Crippen LogP contribution in [0.15, 0.2) is 76.9 Å². The molecule has 0 aliphatic rings. The molecule has 26 heavy (non-hydrogen) atoms. The van der Waals surface area contributed by atoms with Gasteiger partial charge < -0.3 is 4.98 Å². The maximum absolute atomic E-state index is 4.63. The molecule has 0 atom stereocenters. The van der Waals surface area contributed by atoms with E-state index in [1.54, 1.807) is 11.8 Å². The first-order valence-electron chi connectivity index (χ1n) is 8.48. The van der Waals surface area contributed by atoms with Gasteiger partial charge in [-0.3, -0.25) is 4.98 Å². The van der Waals surface area contributed by atoms with Crippen molar-refractivity contribution in [2.24, 2.45) is 0 Å². The minimum Gasteiger partial charge on any atom is -0.333 e. The molecule has 0 unspecified atom stereocenters. The van der Waals surface area contributed by atoms with Crippen molar-refractivity contribution >= 4 is 34.6 Å². The zero-order valence-electron chi connectivity index (χ0n) is 14.5. The number of para-hydroxylation sites is 2. The lowest BCUT2D eigenvalue weighted by Gasteiger charge is -2.09. The number of pyridine rings is 1. The van der Waals surface area contributed by atoms with Gasteiger partial charge in [0.15, 0.2) is 5.16 Å². The molecule has 0 saturated heterocycles. The second kappa shape index (κ2) is 7.98. The quantitative estimate of drug-likeness (QED) is 0.428. The predicted octanol–water partition coefficient (Wildman–Crippen LogP) is 5.85. The lowest BCUT2D eigenvalue weighted by molar-refractivity contribution is 1.05. The zero-order valence-corrected chi connectivity index (χ0v) is 16.1. The van der Waals surface area contributed by atoms with Gasteiger partial charge in [0.2, 0.25) is 0 Å². The number of benzene rings is 2. The summed E-state index contributed by atoms with van der Waals surface area (Å²) in [6.45, 7) is 2.16. The minimum atomic E-state index is 0.811. The highest BCUT2D eigenvalue weighted by molar-refractivity contribution is 7.98. The Balaban J connectivity index is 1.45. The molecule has 0 aliphatic carbocycles. The molecule has 4 rings (SSSR count). The Morgan fingerprint density at radius 3 is 2.54 bits per heavy atom. The van der Waals surface area contributed by atoms with E-state index in [9.17, 15) is 0 Å². The largest absolute Gasteiger partial charge is 0.333 e. The summed E-state index contributed by atoms with van der Waals surface area (Å²) in [6.07, 6.45) is 1.91. The number of hydrogen-bond donors (Lipinski definition) is 1. The van der Waals surface area contributed by atoms with Crippen molar-refractivity contribution in [3.8, 4) is 0 Å². The van der Waals surface area contributed by atoms with Crippen molar-refractivity contribution in [2.45, 2.75) is 28.5 Å². The fourth-order valence-electron chi connectivity index (χ4n) is 2.73. The van der Waals surface area contributed by atoms with Crippen LogP contribution in [0.2, 0.25) is 0 Å². The van der Waals surface area contributed by atoms with Crippen molar-refractivity contribution < 1.29 is 0 Å². The van der Waals surface area contributed by atoms with E-state index in [0.29, 0.717) is 0 Å². The standard InChI is InChI=1S/C21H19N3S2/c1-15-19(14-26-21-23-17-9-5-6-10-18(17)24-21)22-12-11-20(15)25-13-16-7-3-2-4-8-16/h2-12H,13-14H2,1H3,(H,23,24). The summed E-state index contributed by atoms with van der Waals surface area (Å²) in [6, 6.07) is 20.8. The van der Waals surface area contributed by atoms with Gasteiger partial charge in [0.1, 0.15) is 0 Å². The van der Waals surface area contributed by atoms with Gasteiger partial charge in [-0.15, -0.1) is 11.8 Å². The number of thioether (sulfide) groups is 2. The molecule has 0 aliphatic heterocycles. The van der Waals surface area contributed by atoms with Crippen LogP contribution >= 0.6 is 23.5 Å². The number of fused-ring (bicyclic) bond motifs is 1. The second-order valence-corrected chi connectivity index (χ2v) is 7.98. The van der Waals surface area contributed by atoms with Gasteiger partial charge in [-0.05, 0) is 36.2 Å². The molecule has 0 radical (unpaired) electrons. The van der Waals surface area contributed by atoms with Crippen LogP contribution in [0.3, 0.4) is 0 Å². The van der Waals surface area contributed by atoms with Crippen LogP contribution in [-0.2, 0) is 11.5 Å². The van der Waals surface area contributed by atoms with Gasteiger partial charge in [-0.25, -0.2) is 4.98 Å². The van der Waals surface area contributed by atoms with Crippen LogP contribution in [0.1, 0.15) is 16.8 Å². The third kappa shape index (κ3) is 3.94. The average molecular weight is 378 g/mol. The molecular formula is C21H19N3S2. The van der Waals surface area contributed by atoms with Crippen LogP contribution in [0.5, 0.6) is 0 Å². The Morgan fingerprint density at radius 2 is 1.69 bits per heavy atom. The normalized spacial score (nSPS) is 11.1. The number of aromatic nitrogens is 3. The molecule has 130 valence electrons. The molecule has 3 nitrogen and oxygen atoms in total. The number of nitrogens with zero attached hydrogens (tertiary/aromatic N) is 2. The maximum atomic E-state index is 4.63.